The van der Waals surface area contributed by atoms with Crippen LogP contribution in [0.3, 0.4) is 0 Å². The molecule has 0 bridgehead atoms. The summed E-state index contributed by atoms with van der Waals surface area (Å²) in [5, 5.41) is 0. The number of imidazole rings is 1. The van der Waals surface area contributed by atoms with Crippen molar-refractivity contribution < 1.29 is 23.0 Å². The molecule has 0 aliphatic rings. The number of pyridine rings is 1. The molecule has 2 heterocycles. The maximum absolute atomic E-state index is 13.3. The zero-order chi connectivity index (χ0) is 15.8. The van der Waals surface area contributed by atoms with Gasteiger partial charge in [-0.3, -0.25) is 0 Å². The van der Waals surface area contributed by atoms with Crippen LogP contribution in [0.2, 0.25) is 0 Å². The van der Waals surface area contributed by atoms with Crippen molar-refractivity contribution in [3.63, 3.8) is 0 Å². The number of hydrogen-bond donors (Lipinski definition) is 0. The highest BCUT2D eigenvalue weighted by Crippen LogP contribution is 2.29. The number of aromatic nitrogens is 2. The first-order valence-corrected chi connectivity index (χ1v) is 6.38. The van der Waals surface area contributed by atoms with Crippen LogP contribution in [0.5, 0.6) is 5.75 Å². The second-order valence-electron chi connectivity index (χ2n) is 4.99. The van der Waals surface area contributed by atoms with E-state index in [9.17, 15) is 13.6 Å². The van der Waals surface area contributed by atoms with Crippen LogP contribution in [-0.2, 0) is 10.7 Å². The van der Waals surface area contributed by atoms with E-state index in [1.807, 2.05) is 0 Å². The first kappa shape index (κ1) is 15.2. The highest BCUT2D eigenvalue weighted by Gasteiger charge is 2.28. The molecular formula is C14H16F2N2O3. The number of esters is 1. The third-order valence-corrected chi connectivity index (χ3v) is 2.77. The fraction of sp³-hybridized carbons (Fsp3) is 0.429. The number of alkyl halides is 2. The third-order valence-electron chi connectivity index (χ3n) is 2.77. The molecule has 0 saturated carbocycles. The number of nitrogens with zero attached hydrogens (tertiary/aromatic N) is 2. The zero-order valence-corrected chi connectivity index (χ0v) is 12.2. The largest absolute Gasteiger partial charge is 0.490 e. The SMILES string of the molecule is COC(=O)c1cn2cc(C(C)(F)F)nc2cc1OC(C)C. The second-order valence-corrected chi connectivity index (χ2v) is 4.99. The molecule has 7 heteroatoms. The molecule has 0 aliphatic carbocycles. The standard InChI is InChI=1S/C14H16F2N2O3/c1-8(2)21-10-5-12-17-11(14(3,15)16)7-18(12)6-9(10)13(19)20-4/h5-8H,1-4H3. The average Bonchev–Trinajstić information content (AvgIpc) is 2.79. The van der Waals surface area contributed by atoms with Crippen LogP contribution >= 0.6 is 0 Å². The summed E-state index contributed by atoms with van der Waals surface area (Å²) in [6.07, 6.45) is 2.38. The quantitative estimate of drug-likeness (QED) is 0.814. The minimum atomic E-state index is -3.06. The molecule has 0 aromatic carbocycles. The first-order valence-electron chi connectivity index (χ1n) is 6.38. The Morgan fingerprint density at radius 2 is 2.05 bits per heavy atom. The van der Waals surface area contributed by atoms with Gasteiger partial charge in [0.25, 0.3) is 5.92 Å². The summed E-state index contributed by atoms with van der Waals surface area (Å²) < 4.78 is 38.2. The van der Waals surface area contributed by atoms with E-state index >= 15 is 0 Å². The number of hydrogen-bond acceptors (Lipinski definition) is 4. The highest BCUT2D eigenvalue weighted by atomic mass is 19.3. The summed E-state index contributed by atoms with van der Waals surface area (Å²) in [5.41, 5.74) is 0.0527. The molecule has 21 heavy (non-hydrogen) atoms. The van der Waals surface area contributed by atoms with E-state index in [1.54, 1.807) is 13.8 Å². The summed E-state index contributed by atoms with van der Waals surface area (Å²) in [6.45, 7) is 4.35. The fourth-order valence-electron chi connectivity index (χ4n) is 1.84. The zero-order valence-electron chi connectivity index (χ0n) is 12.2. The molecule has 0 spiro atoms. The van der Waals surface area contributed by atoms with Crippen molar-refractivity contribution in [3.8, 4) is 5.75 Å². The lowest BCUT2D eigenvalue weighted by Crippen LogP contribution is -2.12. The van der Waals surface area contributed by atoms with E-state index in [0.717, 1.165) is 6.92 Å². The lowest BCUT2D eigenvalue weighted by atomic mass is 10.2. The van der Waals surface area contributed by atoms with E-state index < -0.39 is 11.9 Å². The minimum absolute atomic E-state index is 0.155. The van der Waals surface area contributed by atoms with Crippen LogP contribution in [0.4, 0.5) is 8.78 Å². The molecule has 0 aliphatic heterocycles. The van der Waals surface area contributed by atoms with Crippen LogP contribution in [0.15, 0.2) is 18.5 Å². The van der Waals surface area contributed by atoms with E-state index in [1.165, 1.54) is 30.0 Å². The summed E-state index contributed by atoms with van der Waals surface area (Å²) in [4.78, 5) is 15.6. The van der Waals surface area contributed by atoms with Crippen molar-refractivity contribution >= 4 is 11.6 Å². The summed E-state index contributed by atoms with van der Waals surface area (Å²) in [5.74, 6) is -3.41. The Balaban J connectivity index is 2.61. The summed E-state index contributed by atoms with van der Waals surface area (Å²) in [6, 6.07) is 1.45. The third kappa shape index (κ3) is 3.12. The van der Waals surface area contributed by atoms with Crippen molar-refractivity contribution in [1.82, 2.24) is 9.38 Å². The van der Waals surface area contributed by atoms with Crippen molar-refractivity contribution in [3.05, 3.63) is 29.7 Å². The Bertz CT molecular complexity index is 675. The van der Waals surface area contributed by atoms with Gasteiger partial charge in [0.05, 0.1) is 13.2 Å². The molecule has 0 N–H and O–H groups in total. The molecule has 2 aromatic rings. The van der Waals surface area contributed by atoms with Gasteiger partial charge in [0.15, 0.2) is 0 Å². The van der Waals surface area contributed by atoms with Gasteiger partial charge in [-0.2, -0.15) is 8.78 Å². The van der Waals surface area contributed by atoms with Gasteiger partial charge in [-0.25, -0.2) is 9.78 Å². The average molecular weight is 298 g/mol. The molecule has 0 fully saturated rings. The van der Waals surface area contributed by atoms with Crippen LogP contribution in [0.25, 0.3) is 5.65 Å². The van der Waals surface area contributed by atoms with Gasteiger partial charge in [-0.1, -0.05) is 0 Å². The Kier molecular flexibility index (Phi) is 3.85. The van der Waals surface area contributed by atoms with Gasteiger partial charge in [-0.15, -0.1) is 0 Å². The van der Waals surface area contributed by atoms with Crippen molar-refractivity contribution in [1.29, 1.82) is 0 Å². The van der Waals surface area contributed by atoms with Crippen molar-refractivity contribution in [2.45, 2.75) is 32.8 Å². The van der Waals surface area contributed by atoms with Crippen molar-refractivity contribution in [2.75, 3.05) is 7.11 Å². The smallest absolute Gasteiger partial charge is 0.343 e. The van der Waals surface area contributed by atoms with E-state index in [4.69, 9.17) is 4.74 Å². The topological polar surface area (TPSA) is 52.8 Å². The second kappa shape index (κ2) is 5.31. The Labute approximate surface area is 120 Å². The number of carbonyl (C=O) groups is 1. The van der Waals surface area contributed by atoms with Crippen LogP contribution in [-0.4, -0.2) is 28.6 Å². The Morgan fingerprint density at radius 1 is 1.38 bits per heavy atom. The Hall–Kier alpha value is -2.18. The number of fused-ring (bicyclic) bond motifs is 1. The lowest BCUT2D eigenvalue weighted by Gasteiger charge is -2.13. The maximum atomic E-state index is 13.3. The highest BCUT2D eigenvalue weighted by molar-refractivity contribution is 5.92. The van der Waals surface area contributed by atoms with E-state index in [0.29, 0.717) is 0 Å². The molecule has 0 radical (unpaired) electrons. The number of carbonyl (C=O) groups excluding carboxylic acids is 1. The van der Waals surface area contributed by atoms with Gasteiger partial charge in [0.2, 0.25) is 0 Å². The van der Waals surface area contributed by atoms with Crippen molar-refractivity contribution in [2.24, 2.45) is 0 Å². The molecule has 5 nitrogen and oxygen atoms in total. The summed E-state index contributed by atoms with van der Waals surface area (Å²) in [7, 11) is 1.24. The van der Waals surface area contributed by atoms with E-state index in [2.05, 4.69) is 9.72 Å². The number of rotatable bonds is 4. The molecule has 2 rings (SSSR count). The van der Waals surface area contributed by atoms with Gasteiger partial charge in [0.1, 0.15) is 22.7 Å². The molecule has 0 atom stereocenters. The Morgan fingerprint density at radius 3 is 2.57 bits per heavy atom. The molecule has 2 aromatic heterocycles. The fourth-order valence-corrected chi connectivity index (χ4v) is 1.84. The number of halogens is 2. The van der Waals surface area contributed by atoms with Gasteiger partial charge in [-0.05, 0) is 13.8 Å². The number of methoxy groups -OCH3 is 1. The normalized spacial score (nSPS) is 12.0. The predicted octanol–water partition coefficient (Wildman–Crippen LogP) is 3.02. The molecule has 0 amide bonds. The molecule has 114 valence electrons. The summed E-state index contributed by atoms with van der Waals surface area (Å²) >= 11 is 0. The van der Waals surface area contributed by atoms with Crippen LogP contribution in [0, 0.1) is 0 Å². The molecular weight excluding hydrogens is 282 g/mol. The maximum Gasteiger partial charge on any atom is 0.343 e. The monoisotopic (exact) mass is 298 g/mol. The van der Waals surface area contributed by atoms with Gasteiger partial charge < -0.3 is 13.9 Å². The van der Waals surface area contributed by atoms with Gasteiger partial charge >= 0.3 is 5.97 Å². The predicted molar refractivity (Wildman–Crippen MR) is 71.9 cm³/mol. The lowest BCUT2D eigenvalue weighted by molar-refractivity contribution is 0.0133. The molecule has 0 saturated heterocycles. The minimum Gasteiger partial charge on any atom is -0.490 e. The van der Waals surface area contributed by atoms with Crippen LogP contribution in [0.1, 0.15) is 36.8 Å². The van der Waals surface area contributed by atoms with Crippen LogP contribution < -0.4 is 4.74 Å². The first-order chi connectivity index (χ1) is 9.72. The van der Waals surface area contributed by atoms with E-state index in [-0.39, 0.29) is 28.8 Å². The number of ether oxygens (including phenoxy) is 2. The van der Waals surface area contributed by atoms with Gasteiger partial charge in [0, 0.05) is 25.4 Å². The molecule has 0 unspecified atom stereocenters.